The molecule has 10 nitrogen and oxygen atoms in total. The number of carbonyl (C=O) groups is 1. The summed E-state index contributed by atoms with van der Waals surface area (Å²) < 4.78 is 8.39. The number of halogens is 1. The van der Waals surface area contributed by atoms with Gasteiger partial charge in [-0.05, 0) is 28.8 Å². The van der Waals surface area contributed by atoms with Gasteiger partial charge in [-0.1, -0.05) is 30.8 Å². The van der Waals surface area contributed by atoms with E-state index in [2.05, 4.69) is 41.5 Å². The first-order valence-corrected chi connectivity index (χ1v) is 10.4. The van der Waals surface area contributed by atoms with Gasteiger partial charge in [0.05, 0.1) is 0 Å². The molecule has 0 bridgehead atoms. The lowest BCUT2D eigenvalue weighted by atomic mass is 9.89. The lowest BCUT2D eigenvalue weighted by Gasteiger charge is -2.30. The molecule has 4 rings (SSSR count). The van der Waals surface area contributed by atoms with Gasteiger partial charge in [-0.3, -0.25) is 14.2 Å². The number of rotatable bonds is 4. The molecule has 29 heavy (non-hydrogen) atoms. The van der Waals surface area contributed by atoms with Crippen LogP contribution in [0.3, 0.4) is 0 Å². The zero-order chi connectivity index (χ0) is 20.6. The van der Waals surface area contributed by atoms with Crippen molar-refractivity contribution < 1.29 is 9.32 Å². The summed E-state index contributed by atoms with van der Waals surface area (Å²) in [5, 5.41) is 11.7. The fourth-order valence-corrected chi connectivity index (χ4v) is 4.52. The van der Waals surface area contributed by atoms with Crippen molar-refractivity contribution in [2.75, 3.05) is 0 Å². The van der Waals surface area contributed by atoms with Crippen LogP contribution in [0.5, 0.6) is 0 Å². The van der Waals surface area contributed by atoms with Crippen LogP contribution in [0.25, 0.3) is 11.0 Å². The second-order valence-electron chi connectivity index (χ2n) is 7.47. The van der Waals surface area contributed by atoms with Crippen LogP contribution in [-0.2, 0) is 23.9 Å². The van der Waals surface area contributed by atoms with E-state index in [9.17, 15) is 9.59 Å². The smallest absolute Gasteiger partial charge is 0.266 e. The number of nitrogens with one attached hydrogen (secondary N) is 1. The van der Waals surface area contributed by atoms with Crippen molar-refractivity contribution in [3.05, 3.63) is 33.0 Å². The second kappa shape index (κ2) is 7.69. The number of aryl methyl sites for hydroxylation is 2. The average Bonchev–Trinajstić information content (AvgIpc) is 3.14. The first-order valence-electron chi connectivity index (χ1n) is 9.59. The third-order valence-corrected chi connectivity index (χ3v) is 5.93. The van der Waals surface area contributed by atoms with E-state index < -0.39 is 5.54 Å². The molecule has 1 amide bonds. The zero-order valence-electron chi connectivity index (χ0n) is 16.3. The number of nitrogens with zero attached hydrogens (tertiary/aromatic N) is 6. The summed E-state index contributed by atoms with van der Waals surface area (Å²) in [6.45, 7) is 1.58. The van der Waals surface area contributed by atoms with Gasteiger partial charge in [0.25, 0.3) is 5.56 Å². The van der Waals surface area contributed by atoms with Crippen LogP contribution in [-0.4, -0.2) is 35.4 Å². The van der Waals surface area contributed by atoms with E-state index >= 15 is 0 Å². The number of hydrogen-bond acceptors (Lipinski definition) is 7. The van der Waals surface area contributed by atoms with E-state index in [0.717, 1.165) is 38.5 Å². The van der Waals surface area contributed by atoms with Crippen molar-refractivity contribution in [3.63, 3.8) is 0 Å². The number of amides is 1. The van der Waals surface area contributed by atoms with Crippen LogP contribution in [0.15, 0.2) is 20.2 Å². The first kappa shape index (κ1) is 19.7. The molecule has 0 aromatic carbocycles. The van der Waals surface area contributed by atoms with Gasteiger partial charge in [0.1, 0.15) is 28.4 Å². The van der Waals surface area contributed by atoms with Crippen LogP contribution in [0.2, 0.25) is 0 Å². The van der Waals surface area contributed by atoms with Crippen molar-refractivity contribution in [1.29, 1.82) is 0 Å². The quantitative estimate of drug-likeness (QED) is 0.586. The predicted molar refractivity (Wildman–Crippen MR) is 107 cm³/mol. The summed E-state index contributed by atoms with van der Waals surface area (Å²) in [4.78, 5) is 34.4. The van der Waals surface area contributed by atoms with Gasteiger partial charge in [0.2, 0.25) is 11.8 Å². The van der Waals surface area contributed by atoms with Gasteiger partial charge >= 0.3 is 0 Å². The normalized spacial score (nSPS) is 16.7. The van der Waals surface area contributed by atoms with Gasteiger partial charge in [-0.15, -0.1) is 0 Å². The van der Waals surface area contributed by atoms with E-state index in [1.54, 1.807) is 14.0 Å². The third-order valence-electron chi connectivity index (χ3n) is 5.37. The van der Waals surface area contributed by atoms with Gasteiger partial charge in [0.15, 0.2) is 11.5 Å². The second-order valence-corrected chi connectivity index (χ2v) is 8.22. The molecule has 11 heteroatoms. The van der Waals surface area contributed by atoms with E-state index in [1.165, 1.54) is 15.6 Å². The molecule has 0 aliphatic heterocycles. The molecule has 3 heterocycles. The van der Waals surface area contributed by atoms with Crippen LogP contribution in [0, 0.1) is 6.92 Å². The Balaban J connectivity index is 1.62. The molecule has 0 radical (unpaired) electrons. The highest BCUT2D eigenvalue weighted by atomic mass is 79.9. The Bertz CT molecular complexity index is 1110. The van der Waals surface area contributed by atoms with E-state index in [-0.39, 0.29) is 18.0 Å². The molecule has 0 atom stereocenters. The number of fused-ring (bicyclic) bond motifs is 1. The maximum Gasteiger partial charge on any atom is 0.266 e. The minimum Gasteiger partial charge on any atom is -0.342 e. The monoisotopic (exact) mass is 463 g/mol. The Labute approximate surface area is 174 Å². The summed E-state index contributed by atoms with van der Waals surface area (Å²) in [6.07, 6.45) is 6.97. The molecular weight excluding hydrogens is 442 g/mol. The zero-order valence-corrected chi connectivity index (χ0v) is 17.9. The number of carbonyl (C=O) groups excluding carboxylic acids is 1. The molecule has 0 saturated heterocycles. The minimum absolute atomic E-state index is 0.151. The molecule has 3 aromatic heterocycles. The van der Waals surface area contributed by atoms with E-state index in [4.69, 9.17) is 4.52 Å². The topological polar surface area (TPSA) is 121 Å². The Hall–Kier alpha value is -2.56. The predicted octanol–water partition coefficient (Wildman–Crippen LogP) is 1.95. The van der Waals surface area contributed by atoms with Gasteiger partial charge in [0, 0.05) is 14.0 Å². The standard InChI is InChI=1S/C18H22BrN7O3/c1-11-21-17(24-29-11)18(7-5-3-4-6-8-18)22-12(27)9-26-10-20-15-13(16(26)28)14(19)23-25(15)2/h10H,3-9H2,1-2H3,(H,22,27). The van der Waals surface area contributed by atoms with Crippen LogP contribution in [0.4, 0.5) is 0 Å². The SMILES string of the molecule is Cc1nc(C2(NC(=O)Cn3cnc4c(c(Br)nn4C)c3=O)CCCCCC2)no1. The van der Waals surface area contributed by atoms with Gasteiger partial charge < -0.3 is 9.84 Å². The highest BCUT2D eigenvalue weighted by Gasteiger charge is 2.38. The summed E-state index contributed by atoms with van der Waals surface area (Å²) in [6, 6.07) is 0. The molecular formula is C18H22BrN7O3. The van der Waals surface area contributed by atoms with Crippen molar-refractivity contribution in [1.82, 2.24) is 34.8 Å². The van der Waals surface area contributed by atoms with Crippen molar-refractivity contribution in [3.8, 4) is 0 Å². The molecule has 1 aliphatic carbocycles. The summed E-state index contributed by atoms with van der Waals surface area (Å²) in [7, 11) is 1.71. The van der Waals surface area contributed by atoms with E-state index in [1.807, 2.05) is 0 Å². The maximum atomic E-state index is 12.9. The highest BCUT2D eigenvalue weighted by Crippen LogP contribution is 2.34. The van der Waals surface area contributed by atoms with E-state index in [0.29, 0.717) is 27.4 Å². The van der Waals surface area contributed by atoms with Crippen molar-refractivity contribution >= 4 is 32.9 Å². The molecule has 3 aromatic rings. The molecule has 1 fully saturated rings. The highest BCUT2D eigenvalue weighted by molar-refractivity contribution is 9.10. The largest absolute Gasteiger partial charge is 0.342 e. The molecule has 1 N–H and O–H groups in total. The lowest BCUT2D eigenvalue weighted by Crippen LogP contribution is -2.48. The van der Waals surface area contributed by atoms with Gasteiger partial charge in [-0.2, -0.15) is 10.1 Å². The molecule has 154 valence electrons. The fourth-order valence-electron chi connectivity index (χ4n) is 3.94. The molecule has 1 aliphatic rings. The Morgan fingerprint density at radius 2 is 2.03 bits per heavy atom. The van der Waals surface area contributed by atoms with Gasteiger partial charge in [-0.25, -0.2) is 9.67 Å². The summed E-state index contributed by atoms with van der Waals surface area (Å²) in [5.41, 5.74) is -0.544. The van der Waals surface area contributed by atoms with Crippen LogP contribution < -0.4 is 10.9 Å². The van der Waals surface area contributed by atoms with Crippen molar-refractivity contribution in [2.24, 2.45) is 7.05 Å². The third kappa shape index (κ3) is 3.70. The number of aromatic nitrogens is 6. The first-order chi connectivity index (χ1) is 13.9. The maximum absolute atomic E-state index is 12.9. The number of hydrogen-bond donors (Lipinski definition) is 1. The minimum atomic E-state index is -0.679. The Morgan fingerprint density at radius 3 is 2.69 bits per heavy atom. The van der Waals surface area contributed by atoms with Crippen molar-refractivity contribution in [2.45, 2.75) is 57.5 Å². The average molecular weight is 464 g/mol. The Morgan fingerprint density at radius 1 is 1.31 bits per heavy atom. The Kier molecular flexibility index (Phi) is 5.24. The van der Waals surface area contributed by atoms with Crippen LogP contribution >= 0.6 is 15.9 Å². The summed E-state index contributed by atoms with van der Waals surface area (Å²) >= 11 is 3.29. The lowest BCUT2D eigenvalue weighted by molar-refractivity contribution is -0.124. The van der Waals surface area contributed by atoms with Crippen LogP contribution in [0.1, 0.15) is 50.2 Å². The fraction of sp³-hybridized carbons (Fsp3) is 0.556. The molecule has 0 spiro atoms. The molecule has 1 saturated carbocycles. The summed E-state index contributed by atoms with van der Waals surface area (Å²) in [5.74, 6) is 0.670. The molecule has 0 unspecified atom stereocenters.